The maximum atomic E-state index is 11.3. The first-order chi connectivity index (χ1) is 7.36. The lowest BCUT2D eigenvalue weighted by Crippen LogP contribution is -2.17. The molecule has 2 heterocycles. The number of rotatable bonds is 3. The zero-order chi connectivity index (χ0) is 10.5. The van der Waals surface area contributed by atoms with Crippen molar-refractivity contribution in [3.63, 3.8) is 0 Å². The number of aromatic nitrogens is 2. The zero-order valence-electron chi connectivity index (χ0n) is 7.68. The van der Waals surface area contributed by atoms with E-state index in [0.717, 1.165) is 4.88 Å². The van der Waals surface area contributed by atoms with Crippen LogP contribution in [-0.2, 0) is 0 Å². The van der Waals surface area contributed by atoms with E-state index >= 15 is 0 Å². The number of hydrazone groups is 1. The quantitative estimate of drug-likeness (QED) is 0.603. The molecule has 0 aliphatic heterocycles. The fraction of sp³-hybridized carbons (Fsp3) is 0. The van der Waals surface area contributed by atoms with E-state index in [0.29, 0.717) is 5.69 Å². The van der Waals surface area contributed by atoms with Crippen LogP contribution in [0.5, 0.6) is 0 Å². The second-order valence-electron chi connectivity index (χ2n) is 2.68. The Hall–Kier alpha value is -1.95. The SMILES string of the molecule is O=C(N/N=C\c1cccs1)c1ccn[nH]1. The topological polar surface area (TPSA) is 70.1 Å². The molecule has 0 bridgehead atoms. The molecule has 1 amide bonds. The van der Waals surface area contributed by atoms with Crippen LogP contribution >= 0.6 is 11.3 Å². The van der Waals surface area contributed by atoms with E-state index in [1.807, 2.05) is 17.5 Å². The van der Waals surface area contributed by atoms with Crippen molar-refractivity contribution in [2.45, 2.75) is 0 Å². The monoisotopic (exact) mass is 220 g/mol. The molecule has 2 N–H and O–H groups in total. The van der Waals surface area contributed by atoms with E-state index in [2.05, 4.69) is 20.7 Å². The predicted molar refractivity (Wildman–Crippen MR) is 58.0 cm³/mol. The highest BCUT2D eigenvalue weighted by atomic mass is 32.1. The van der Waals surface area contributed by atoms with Crippen LogP contribution in [0.4, 0.5) is 0 Å². The van der Waals surface area contributed by atoms with E-state index in [1.165, 1.54) is 6.20 Å². The van der Waals surface area contributed by atoms with E-state index < -0.39 is 0 Å². The van der Waals surface area contributed by atoms with Crippen molar-refractivity contribution < 1.29 is 4.79 Å². The van der Waals surface area contributed by atoms with E-state index in [9.17, 15) is 4.79 Å². The molecule has 0 aromatic carbocycles. The van der Waals surface area contributed by atoms with Crippen LogP contribution in [0.15, 0.2) is 34.9 Å². The van der Waals surface area contributed by atoms with Gasteiger partial charge in [-0.05, 0) is 17.5 Å². The van der Waals surface area contributed by atoms with Crippen LogP contribution in [0, 0.1) is 0 Å². The smallest absolute Gasteiger partial charge is 0.273 e. The minimum Gasteiger partial charge on any atom is -0.273 e. The highest BCUT2D eigenvalue weighted by molar-refractivity contribution is 7.11. The molecule has 2 aromatic rings. The van der Waals surface area contributed by atoms with Crippen LogP contribution in [0.2, 0.25) is 0 Å². The Morgan fingerprint density at radius 1 is 1.60 bits per heavy atom. The number of carbonyl (C=O) groups excluding carboxylic acids is 1. The van der Waals surface area contributed by atoms with Gasteiger partial charge in [0.25, 0.3) is 5.91 Å². The fourth-order valence-electron chi connectivity index (χ4n) is 0.962. The largest absolute Gasteiger partial charge is 0.289 e. The van der Waals surface area contributed by atoms with Crippen LogP contribution < -0.4 is 5.43 Å². The van der Waals surface area contributed by atoms with Gasteiger partial charge in [0.1, 0.15) is 5.69 Å². The Morgan fingerprint density at radius 3 is 3.20 bits per heavy atom. The third-order valence-electron chi connectivity index (χ3n) is 1.65. The first kappa shape index (κ1) is 9.60. The van der Waals surface area contributed by atoms with Crippen LogP contribution in [-0.4, -0.2) is 22.3 Å². The molecule has 0 spiro atoms. The average molecular weight is 220 g/mol. The third kappa shape index (κ3) is 2.50. The maximum Gasteiger partial charge on any atom is 0.289 e. The number of thiophene rings is 1. The van der Waals surface area contributed by atoms with E-state index in [-0.39, 0.29) is 5.91 Å². The second-order valence-corrected chi connectivity index (χ2v) is 3.66. The number of hydrogen-bond acceptors (Lipinski definition) is 4. The van der Waals surface area contributed by atoms with Crippen molar-refractivity contribution in [2.24, 2.45) is 5.10 Å². The minimum absolute atomic E-state index is 0.305. The zero-order valence-corrected chi connectivity index (χ0v) is 8.49. The lowest BCUT2D eigenvalue weighted by Gasteiger charge is -1.93. The molecule has 0 fully saturated rings. The van der Waals surface area contributed by atoms with Crippen molar-refractivity contribution in [1.29, 1.82) is 0 Å². The Bertz CT molecular complexity index is 446. The van der Waals surface area contributed by atoms with Gasteiger partial charge in [-0.2, -0.15) is 10.2 Å². The van der Waals surface area contributed by atoms with Gasteiger partial charge in [-0.3, -0.25) is 9.89 Å². The summed E-state index contributed by atoms with van der Waals surface area (Å²) >= 11 is 1.55. The lowest BCUT2D eigenvalue weighted by atomic mass is 10.4. The van der Waals surface area contributed by atoms with E-state index in [1.54, 1.807) is 23.6 Å². The van der Waals surface area contributed by atoms with Gasteiger partial charge >= 0.3 is 0 Å². The summed E-state index contributed by atoms with van der Waals surface area (Å²) in [5.41, 5.74) is 2.78. The van der Waals surface area contributed by atoms with Crippen LogP contribution in [0.3, 0.4) is 0 Å². The molecule has 0 saturated heterocycles. The van der Waals surface area contributed by atoms with Gasteiger partial charge in [-0.1, -0.05) is 6.07 Å². The highest BCUT2D eigenvalue weighted by Crippen LogP contribution is 2.04. The molecule has 0 atom stereocenters. The molecular formula is C9H8N4OS. The van der Waals surface area contributed by atoms with Gasteiger partial charge in [0.05, 0.1) is 6.21 Å². The number of hydrogen-bond donors (Lipinski definition) is 2. The summed E-state index contributed by atoms with van der Waals surface area (Å²) < 4.78 is 0. The van der Waals surface area contributed by atoms with Crippen molar-refractivity contribution in [3.8, 4) is 0 Å². The number of nitrogens with zero attached hydrogens (tertiary/aromatic N) is 2. The molecule has 0 radical (unpaired) electrons. The summed E-state index contributed by atoms with van der Waals surface area (Å²) in [5.74, 6) is -0.305. The van der Waals surface area contributed by atoms with Crippen molar-refractivity contribution >= 4 is 23.5 Å². The molecule has 0 aliphatic carbocycles. The van der Waals surface area contributed by atoms with Crippen molar-refractivity contribution in [3.05, 3.63) is 40.3 Å². The molecule has 0 saturated carbocycles. The Kier molecular flexibility index (Phi) is 2.89. The number of carbonyl (C=O) groups is 1. The average Bonchev–Trinajstić information content (AvgIpc) is 2.90. The molecule has 0 unspecified atom stereocenters. The van der Waals surface area contributed by atoms with Gasteiger partial charge in [0.2, 0.25) is 0 Å². The fourth-order valence-corrected chi connectivity index (χ4v) is 1.55. The molecular weight excluding hydrogens is 212 g/mol. The summed E-state index contributed by atoms with van der Waals surface area (Å²) in [6, 6.07) is 5.41. The number of H-pyrrole nitrogens is 1. The van der Waals surface area contributed by atoms with Gasteiger partial charge in [-0.15, -0.1) is 11.3 Å². The van der Waals surface area contributed by atoms with Crippen LogP contribution in [0.1, 0.15) is 15.4 Å². The maximum absolute atomic E-state index is 11.3. The first-order valence-electron chi connectivity index (χ1n) is 4.22. The van der Waals surface area contributed by atoms with Gasteiger partial charge in [0.15, 0.2) is 0 Å². The minimum atomic E-state index is -0.305. The van der Waals surface area contributed by atoms with Gasteiger partial charge < -0.3 is 0 Å². The molecule has 2 rings (SSSR count). The number of amides is 1. The molecule has 76 valence electrons. The summed E-state index contributed by atoms with van der Waals surface area (Å²) in [7, 11) is 0. The summed E-state index contributed by atoms with van der Waals surface area (Å²) in [6.45, 7) is 0. The standard InChI is InChI=1S/C9H8N4OS/c14-9(8-3-4-10-12-8)13-11-6-7-2-1-5-15-7/h1-6H,(H,10,12)(H,13,14)/b11-6-. The van der Waals surface area contributed by atoms with Crippen molar-refractivity contribution in [1.82, 2.24) is 15.6 Å². The van der Waals surface area contributed by atoms with E-state index in [4.69, 9.17) is 0 Å². The molecule has 15 heavy (non-hydrogen) atoms. The Balaban J connectivity index is 1.91. The molecule has 6 heteroatoms. The second kappa shape index (κ2) is 4.52. The highest BCUT2D eigenvalue weighted by Gasteiger charge is 2.03. The number of aromatic amines is 1. The first-order valence-corrected chi connectivity index (χ1v) is 5.10. The number of nitrogens with one attached hydrogen (secondary N) is 2. The summed E-state index contributed by atoms with van der Waals surface area (Å²) in [6.07, 6.45) is 3.11. The predicted octanol–water partition coefficient (Wildman–Crippen LogP) is 1.24. The van der Waals surface area contributed by atoms with Gasteiger partial charge in [-0.25, -0.2) is 5.43 Å². The molecule has 5 nitrogen and oxygen atoms in total. The molecule has 0 aliphatic rings. The third-order valence-corrected chi connectivity index (χ3v) is 2.45. The summed E-state index contributed by atoms with van der Waals surface area (Å²) in [4.78, 5) is 12.3. The lowest BCUT2D eigenvalue weighted by molar-refractivity contribution is 0.0950. The molecule has 2 aromatic heterocycles. The summed E-state index contributed by atoms with van der Waals surface area (Å²) in [5, 5.41) is 12.0. The Morgan fingerprint density at radius 2 is 2.53 bits per heavy atom. The van der Waals surface area contributed by atoms with Crippen LogP contribution in [0.25, 0.3) is 0 Å². The normalized spacial score (nSPS) is 10.7. The van der Waals surface area contributed by atoms with Gasteiger partial charge in [0, 0.05) is 11.1 Å². The van der Waals surface area contributed by atoms with Crippen molar-refractivity contribution in [2.75, 3.05) is 0 Å². The Labute approximate surface area is 89.8 Å².